The number of halogens is 1. The van der Waals surface area contributed by atoms with E-state index in [0.717, 1.165) is 29.5 Å². The van der Waals surface area contributed by atoms with Gasteiger partial charge >= 0.3 is 0 Å². The number of aryl methyl sites for hydroxylation is 1. The second-order valence-corrected chi connectivity index (χ2v) is 11.1. The number of sulfonamides is 1. The molecular formula is C25H33ClN4O6S. The molecule has 2 aromatic rings. The van der Waals surface area contributed by atoms with Crippen LogP contribution in [-0.4, -0.2) is 55.4 Å². The van der Waals surface area contributed by atoms with Crippen LogP contribution in [0, 0.1) is 17.0 Å². The van der Waals surface area contributed by atoms with Crippen molar-refractivity contribution in [1.29, 1.82) is 0 Å². The van der Waals surface area contributed by atoms with Crippen LogP contribution in [-0.2, 0) is 26.2 Å². The lowest BCUT2D eigenvalue weighted by atomic mass is 10.1. The fraction of sp³-hybridized carbons (Fsp3) is 0.440. The van der Waals surface area contributed by atoms with E-state index in [1.165, 1.54) is 17.0 Å². The molecule has 2 aromatic carbocycles. The van der Waals surface area contributed by atoms with Gasteiger partial charge in [0.15, 0.2) is 0 Å². The van der Waals surface area contributed by atoms with E-state index in [1.54, 1.807) is 38.1 Å². The topological polar surface area (TPSA) is 130 Å². The summed E-state index contributed by atoms with van der Waals surface area (Å²) < 4.78 is 26.4. The Bertz CT molecular complexity index is 1220. The largest absolute Gasteiger partial charge is 0.354 e. The Kier molecular flexibility index (Phi) is 10.9. The van der Waals surface area contributed by atoms with Crippen LogP contribution in [0.5, 0.6) is 0 Å². The van der Waals surface area contributed by atoms with Crippen LogP contribution in [0.1, 0.15) is 44.2 Å². The van der Waals surface area contributed by atoms with Crippen molar-refractivity contribution in [1.82, 2.24) is 10.2 Å². The average molecular weight is 553 g/mol. The van der Waals surface area contributed by atoms with Gasteiger partial charge in [-0.05, 0) is 43.0 Å². The second kappa shape index (κ2) is 13.4. The molecule has 0 saturated carbocycles. The van der Waals surface area contributed by atoms with E-state index in [1.807, 2.05) is 6.92 Å². The van der Waals surface area contributed by atoms with Crippen molar-refractivity contribution in [3.8, 4) is 0 Å². The number of benzene rings is 2. The van der Waals surface area contributed by atoms with Gasteiger partial charge in [-0.1, -0.05) is 50.1 Å². The minimum Gasteiger partial charge on any atom is -0.354 e. The van der Waals surface area contributed by atoms with Crippen molar-refractivity contribution < 1.29 is 22.9 Å². The monoisotopic (exact) mass is 552 g/mol. The molecule has 202 valence electrons. The van der Waals surface area contributed by atoms with E-state index in [4.69, 9.17) is 11.6 Å². The molecule has 0 aliphatic carbocycles. The van der Waals surface area contributed by atoms with Crippen molar-refractivity contribution in [2.24, 2.45) is 0 Å². The van der Waals surface area contributed by atoms with Gasteiger partial charge in [0.1, 0.15) is 12.6 Å². The maximum Gasteiger partial charge on any atom is 0.271 e. The third kappa shape index (κ3) is 8.43. The van der Waals surface area contributed by atoms with Gasteiger partial charge in [0.2, 0.25) is 21.8 Å². The Morgan fingerprint density at radius 3 is 2.32 bits per heavy atom. The second-order valence-electron chi connectivity index (χ2n) is 8.71. The summed E-state index contributed by atoms with van der Waals surface area (Å²) in [4.78, 5) is 38.7. The lowest BCUT2D eigenvalue weighted by Crippen LogP contribution is -2.52. The molecule has 1 N–H and O–H groups in total. The average Bonchev–Trinajstić information content (AvgIpc) is 2.83. The molecule has 0 aromatic heterocycles. The summed E-state index contributed by atoms with van der Waals surface area (Å²) in [5, 5.41) is 14.7. The number of non-ortho nitro benzene ring substituents is 1. The number of nitro groups is 1. The molecule has 0 spiro atoms. The van der Waals surface area contributed by atoms with E-state index >= 15 is 0 Å². The first-order chi connectivity index (χ1) is 17.4. The van der Waals surface area contributed by atoms with Gasteiger partial charge in [-0.2, -0.15) is 0 Å². The van der Waals surface area contributed by atoms with Crippen molar-refractivity contribution in [3.05, 3.63) is 68.7 Å². The predicted molar refractivity (Wildman–Crippen MR) is 144 cm³/mol. The van der Waals surface area contributed by atoms with Gasteiger partial charge < -0.3 is 10.2 Å². The summed E-state index contributed by atoms with van der Waals surface area (Å²) >= 11 is 5.99. The number of rotatable bonds is 13. The lowest BCUT2D eigenvalue weighted by Gasteiger charge is -2.33. The molecule has 0 aliphatic heterocycles. The Morgan fingerprint density at radius 1 is 1.14 bits per heavy atom. The molecule has 37 heavy (non-hydrogen) atoms. The fourth-order valence-corrected chi connectivity index (χ4v) is 4.81. The first kappa shape index (κ1) is 30.0. The number of amides is 2. The fourth-order valence-electron chi connectivity index (χ4n) is 3.79. The molecular weight excluding hydrogens is 520 g/mol. The Hall–Kier alpha value is -3.18. The smallest absolute Gasteiger partial charge is 0.271 e. The standard InChI is InChI=1S/C25H33ClN4O6S/c1-5-7-14-27-25(32)22(6-2)28(16-19-9-11-20(26)12-10-19)24(31)17-29(37(4,35)36)23-15-21(30(33)34)13-8-18(23)3/h8-13,15,22H,5-7,14,16-17H2,1-4H3,(H,27,32)/t22-/m1/s1. The first-order valence-electron chi connectivity index (χ1n) is 11.9. The summed E-state index contributed by atoms with van der Waals surface area (Å²) in [6.45, 7) is 5.23. The summed E-state index contributed by atoms with van der Waals surface area (Å²) in [5.74, 6) is -0.959. The molecule has 0 saturated heterocycles. The number of hydrogen-bond donors (Lipinski definition) is 1. The van der Waals surface area contributed by atoms with Crippen LogP contribution in [0.4, 0.5) is 11.4 Å². The number of carbonyl (C=O) groups excluding carboxylic acids is 2. The number of unbranched alkanes of at least 4 members (excludes halogenated alkanes) is 1. The zero-order valence-corrected chi connectivity index (χ0v) is 23.0. The maximum absolute atomic E-state index is 13.7. The van der Waals surface area contributed by atoms with Gasteiger partial charge in [0.25, 0.3) is 5.69 Å². The van der Waals surface area contributed by atoms with E-state index in [9.17, 15) is 28.1 Å². The molecule has 0 bridgehead atoms. The van der Waals surface area contributed by atoms with E-state index in [-0.39, 0.29) is 23.8 Å². The number of nitrogens with one attached hydrogen (secondary N) is 1. The highest BCUT2D eigenvalue weighted by atomic mass is 35.5. The minimum atomic E-state index is -4.01. The summed E-state index contributed by atoms with van der Waals surface area (Å²) in [6.07, 6.45) is 2.89. The van der Waals surface area contributed by atoms with Crippen molar-refractivity contribution in [2.45, 2.75) is 52.6 Å². The Labute approximate surface area is 222 Å². The number of hydrogen-bond acceptors (Lipinski definition) is 6. The zero-order valence-electron chi connectivity index (χ0n) is 21.4. The normalized spacial score (nSPS) is 12.0. The molecule has 0 fully saturated rings. The van der Waals surface area contributed by atoms with Gasteiger partial charge in [0, 0.05) is 30.2 Å². The third-order valence-electron chi connectivity index (χ3n) is 5.83. The Morgan fingerprint density at radius 2 is 1.78 bits per heavy atom. The molecule has 1 atom stereocenters. The molecule has 0 heterocycles. The number of carbonyl (C=O) groups is 2. The zero-order chi connectivity index (χ0) is 27.8. The highest BCUT2D eigenvalue weighted by molar-refractivity contribution is 7.92. The predicted octanol–water partition coefficient (Wildman–Crippen LogP) is 4.05. The molecule has 12 heteroatoms. The van der Waals surface area contributed by atoms with Gasteiger partial charge in [-0.15, -0.1) is 0 Å². The van der Waals surface area contributed by atoms with Crippen LogP contribution < -0.4 is 9.62 Å². The molecule has 0 aliphatic rings. The van der Waals surface area contributed by atoms with E-state index in [2.05, 4.69) is 5.32 Å². The van der Waals surface area contributed by atoms with Crippen LogP contribution >= 0.6 is 11.6 Å². The van der Waals surface area contributed by atoms with Crippen molar-refractivity contribution >= 4 is 44.8 Å². The number of anilines is 1. The summed E-state index contributed by atoms with van der Waals surface area (Å²) in [5.41, 5.74) is 0.866. The first-order valence-corrected chi connectivity index (χ1v) is 14.2. The highest BCUT2D eigenvalue weighted by Gasteiger charge is 2.32. The molecule has 2 rings (SSSR count). The molecule has 0 radical (unpaired) electrons. The van der Waals surface area contributed by atoms with Crippen molar-refractivity contribution in [3.63, 3.8) is 0 Å². The van der Waals surface area contributed by atoms with Gasteiger partial charge in [0.05, 0.1) is 16.9 Å². The molecule has 10 nitrogen and oxygen atoms in total. The number of nitro benzene ring substituents is 1. The third-order valence-corrected chi connectivity index (χ3v) is 7.21. The summed E-state index contributed by atoms with van der Waals surface area (Å²) in [6, 6.07) is 9.75. The van der Waals surface area contributed by atoms with Crippen LogP contribution in [0.2, 0.25) is 5.02 Å². The number of nitrogens with zero attached hydrogens (tertiary/aromatic N) is 3. The molecule has 2 amide bonds. The van der Waals surface area contributed by atoms with Crippen molar-refractivity contribution in [2.75, 3.05) is 23.7 Å². The lowest BCUT2D eigenvalue weighted by molar-refractivity contribution is -0.384. The van der Waals surface area contributed by atoms with Gasteiger partial charge in [-0.25, -0.2) is 8.42 Å². The summed E-state index contributed by atoms with van der Waals surface area (Å²) in [7, 11) is -4.01. The minimum absolute atomic E-state index is 0.0249. The quantitative estimate of drug-likeness (QED) is 0.227. The van der Waals surface area contributed by atoms with Crippen LogP contribution in [0.15, 0.2) is 42.5 Å². The molecule has 0 unspecified atom stereocenters. The Balaban J connectivity index is 2.48. The highest BCUT2D eigenvalue weighted by Crippen LogP contribution is 2.28. The van der Waals surface area contributed by atoms with E-state index in [0.29, 0.717) is 29.1 Å². The SMILES string of the molecule is CCCCNC(=O)[C@@H](CC)N(Cc1ccc(Cl)cc1)C(=O)CN(c1cc([N+](=O)[O-])ccc1C)S(C)(=O)=O. The van der Waals surface area contributed by atoms with Crippen LogP contribution in [0.25, 0.3) is 0 Å². The maximum atomic E-state index is 13.7. The van der Waals surface area contributed by atoms with E-state index < -0.39 is 33.4 Å². The van der Waals surface area contributed by atoms with Gasteiger partial charge in [-0.3, -0.25) is 24.0 Å². The van der Waals surface area contributed by atoms with Crippen LogP contribution in [0.3, 0.4) is 0 Å².